The molecule has 3 aromatic carbocycles. The standard InChI is InChI=1S/C16H6S2.2W/c1-3-9-11-7-18-14-6-2-4-10(16(11)14)12-8-17-13(5-1)15(9)12;;/h1-6H;;/q-2;;. The first kappa shape index (κ1) is 14.7. The average molecular weight is 630 g/mol. The van der Waals surface area contributed by atoms with Crippen LogP contribution in [0.15, 0.2) is 36.4 Å². The smallest absolute Gasteiger partial charge is 0 e. The van der Waals surface area contributed by atoms with Crippen molar-refractivity contribution in [1.82, 2.24) is 0 Å². The predicted octanol–water partition coefficient (Wildman–Crippen LogP) is 5.46. The summed E-state index contributed by atoms with van der Waals surface area (Å²) in [5.74, 6) is 0. The minimum Gasteiger partial charge on any atom is -0.257 e. The quantitative estimate of drug-likeness (QED) is 0.158. The second kappa shape index (κ2) is 5.18. The second-order valence-electron chi connectivity index (χ2n) is 4.52. The van der Waals surface area contributed by atoms with E-state index >= 15 is 0 Å². The van der Waals surface area contributed by atoms with E-state index in [1.54, 1.807) is 22.7 Å². The maximum Gasteiger partial charge on any atom is 0 e. The molecular formula is C16H6S2W2-2. The third kappa shape index (κ3) is 1.72. The van der Waals surface area contributed by atoms with Gasteiger partial charge in [0.15, 0.2) is 0 Å². The molecule has 4 heteroatoms. The van der Waals surface area contributed by atoms with Gasteiger partial charge >= 0.3 is 0 Å². The van der Waals surface area contributed by atoms with Crippen molar-refractivity contribution in [3.05, 3.63) is 47.2 Å². The van der Waals surface area contributed by atoms with Crippen LogP contribution < -0.4 is 0 Å². The van der Waals surface area contributed by atoms with E-state index in [9.17, 15) is 0 Å². The van der Waals surface area contributed by atoms with Crippen molar-refractivity contribution in [2.75, 3.05) is 0 Å². The fraction of sp³-hybridized carbons (Fsp3) is 0. The van der Waals surface area contributed by atoms with Crippen LogP contribution in [0, 0.1) is 10.8 Å². The summed E-state index contributed by atoms with van der Waals surface area (Å²) >= 11 is 3.43. The van der Waals surface area contributed by atoms with E-state index < -0.39 is 0 Å². The van der Waals surface area contributed by atoms with Crippen LogP contribution in [0.5, 0.6) is 0 Å². The molecule has 2 aromatic heterocycles. The van der Waals surface area contributed by atoms with Crippen molar-refractivity contribution in [1.29, 1.82) is 0 Å². The van der Waals surface area contributed by atoms with Crippen molar-refractivity contribution >= 4 is 64.4 Å². The van der Waals surface area contributed by atoms with Gasteiger partial charge in [-0.3, -0.25) is 22.7 Å². The molecule has 0 radical (unpaired) electrons. The van der Waals surface area contributed by atoms with Gasteiger partial charge in [0.2, 0.25) is 0 Å². The number of thiophene rings is 2. The van der Waals surface area contributed by atoms with E-state index in [2.05, 4.69) is 47.2 Å². The molecule has 2 heterocycles. The molecule has 0 saturated heterocycles. The molecule has 0 aliphatic rings. The molecule has 0 atom stereocenters. The number of rotatable bonds is 0. The van der Waals surface area contributed by atoms with E-state index in [1.165, 1.54) is 41.7 Å². The van der Waals surface area contributed by atoms with Crippen molar-refractivity contribution in [3.8, 4) is 0 Å². The van der Waals surface area contributed by atoms with E-state index in [4.69, 9.17) is 0 Å². The molecule has 0 nitrogen and oxygen atoms in total. The molecule has 0 aliphatic carbocycles. The molecule has 5 rings (SSSR count). The van der Waals surface area contributed by atoms with Crippen LogP contribution in [0.2, 0.25) is 0 Å². The number of benzene rings is 3. The van der Waals surface area contributed by atoms with Gasteiger partial charge in [0, 0.05) is 42.1 Å². The fourth-order valence-corrected chi connectivity index (χ4v) is 4.63. The van der Waals surface area contributed by atoms with E-state index in [0.717, 1.165) is 0 Å². The molecule has 0 spiro atoms. The number of hydrogen-bond donors (Lipinski definition) is 0. The van der Waals surface area contributed by atoms with E-state index in [0.29, 0.717) is 0 Å². The molecule has 0 bridgehead atoms. The van der Waals surface area contributed by atoms with Gasteiger partial charge in [0.25, 0.3) is 0 Å². The van der Waals surface area contributed by atoms with Gasteiger partial charge in [-0.05, 0) is 0 Å². The monoisotopic (exact) mass is 630 g/mol. The zero-order valence-corrected chi connectivity index (χ0v) is 17.6. The number of fused-ring (bicyclic) bond motifs is 2. The first-order valence-electron chi connectivity index (χ1n) is 5.80. The maximum absolute atomic E-state index is 3.48. The summed E-state index contributed by atoms with van der Waals surface area (Å²) < 4.78 is 2.65. The zero-order valence-electron chi connectivity index (χ0n) is 10.1. The van der Waals surface area contributed by atoms with Gasteiger partial charge in [0.1, 0.15) is 0 Å². The summed E-state index contributed by atoms with van der Waals surface area (Å²) in [6, 6.07) is 13.1. The van der Waals surface area contributed by atoms with Crippen LogP contribution in [0.3, 0.4) is 0 Å². The normalized spacial score (nSPS) is 11.2. The Hall–Kier alpha value is -0.263. The molecule has 5 aromatic rings. The third-order valence-electron chi connectivity index (χ3n) is 3.62. The van der Waals surface area contributed by atoms with Gasteiger partial charge in [-0.25, -0.2) is 0 Å². The van der Waals surface area contributed by atoms with Gasteiger partial charge in [0.05, 0.1) is 0 Å². The zero-order chi connectivity index (χ0) is 11.7. The van der Waals surface area contributed by atoms with Crippen LogP contribution in [0.1, 0.15) is 0 Å². The molecule has 0 fully saturated rings. The Kier molecular flexibility index (Phi) is 3.80. The third-order valence-corrected chi connectivity index (χ3v) is 5.35. The first-order chi connectivity index (χ1) is 8.93. The predicted molar refractivity (Wildman–Crippen MR) is 81.1 cm³/mol. The molecule has 20 heavy (non-hydrogen) atoms. The van der Waals surface area contributed by atoms with Gasteiger partial charge in [-0.2, -0.15) is 21.5 Å². The molecule has 96 valence electrons. The Morgan fingerprint density at radius 3 is 1.55 bits per heavy atom. The first-order valence-corrected chi connectivity index (χ1v) is 7.44. The van der Waals surface area contributed by atoms with Crippen LogP contribution >= 0.6 is 22.7 Å². The summed E-state index contributed by atoms with van der Waals surface area (Å²) in [7, 11) is 0. The molecule has 0 unspecified atom stereocenters. The SMILES string of the molecule is [W].[W].[c-]1sc2cccc3c4[c-]sc5cccc(c1c23)c54. The largest absolute Gasteiger partial charge is 0.257 e. The van der Waals surface area contributed by atoms with Crippen molar-refractivity contribution in [3.63, 3.8) is 0 Å². The van der Waals surface area contributed by atoms with Crippen LogP contribution in [0.25, 0.3) is 41.7 Å². The van der Waals surface area contributed by atoms with E-state index in [-0.39, 0.29) is 42.1 Å². The van der Waals surface area contributed by atoms with Crippen LogP contribution in [-0.4, -0.2) is 0 Å². The van der Waals surface area contributed by atoms with Gasteiger partial charge in [-0.1, -0.05) is 44.4 Å². The summed E-state index contributed by atoms with van der Waals surface area (Å²) in [5.41, 5.74) is 0. The summed E-state index contributed by atoms with van der Waals surface area (Å²) in [5, 5.41) is 14.9. The minimum atomic E-state index is 0. The van der Waals surface area contributed by atoms with Gasteiger partial charge in [-0.15, -0.1) is 22.9 Å². The van der Waals surface area contributed by atoms with Crippen LogP contribution in [0.4, 0.5) is 0 Å². The Labute approximate surface area is 152 Å². The van der Waals surface area contributed by atoms with Crippen molar-refractivity contribution < 1.29 is 42.1 Å². The summed E-state index contributed by atoms with van der Waals surface area (Å²) in [6.07, 6.45) is 0. The molecular weight excluding hydrogens is 624 g/mol. The molecule has 0 amide bonds. The Balaban J connectivity index is 0.000000605. The Morgan fingerprint density at radius 1 is 0.650 bits per heavy atom. The second-order valence-corrected chi connectivity index (χ2v) is 6.21. The topological polar surface area (TPSA) is 0 Å². The van der Waals surface area contributed by atoms with Crippen molar-refractivity contribution in [2.24, 2.45) is 0 Å². The van der Waals surface area contributed by atoms with Crippen LogP contribution in [-0.2, 0) is 42.1 Å². The maximum atomic E-state index is 3.48. The number of hydrogen-bond acceptors (Lipinski definition) is 2. The molecule has 0 aliphatic heterocycles. The summed E-state index contributed by atoms with van der Waals surface area (Å²) in [4.78, 5) is 0. The fourth-order valence-electron chi connectivity index (χ4n) is 2.86. The van der Waals surface area contributed by atoms with Gasteiger partial charge < -0.3 is 0 Å². The molecule has 0 N–H and O–H groups in total. The Bertz CT molecular complexity index is 942. The minimum absolute atomic E-state index is 0. The van der Waals surface area contributed by atoms with E-state index in [1.807, 2.05) is 0 Å². The average Bonchev–Trinajstić information content (AvgIpc) is 3.01. The summed E-state index contributed by atoms with van der Waals surface area (Å²) in [6.45, 7) is 0. The Morgan fingerprint density at radius 2 is 1.10 bits per heavy atom. The van der Waals surface area contributed by atoms with Crippen molar-refractivity contribution in [2.45, 2.75) is 0 Å². The molecule has 0 saturated carbocycles.